The summed E-state index contributed by atoms with van der Waals surface area (Å²) in [6.45, 7) is 6.04. The van der Waals surface area contributed by atoms with E-state index < -0.39 is 0 Å². The van der Waals surface area contributed by atoms with Crippen LogP contribution in [0, 0.1) is 25.2 Å². The highest BCUT2D eigenvalue weighted by Gasteiger charge is 2.13. The smallest absolute Gasteiger partial charge is 0.119 e. The van der Waals surface area contributed by atoms with Crippen LogP contribution in [-0.4, -0.2) is 0 Å². The van der Waals surface area contributed by atoms with Crippen LogP contribution in [-0.2, 0) is 6.42 Å². The van der Waals surface area contributed by atoms with E-state index in [4.69, 9.17) is 9.68 Å². The van der Waals surface area contributed by atoms with Gasteiger partial charge in [-0.1, -0.05) is 32.6 Å². The number of rotatable bonds is 6. The van der Waals surface area contributed by atoms with Gasteiger partial charge in [-0.25, -0.2) is 0 Å². The van der Waals surface area contributed by atoms with Gasteiger partial charge in [-0.3, -0.25) is 0 Å². The molecule has 1 aromatic heterocycles. The van der Waals surface area contributed by atoms with Crippen molar-refractivity contribution in [2.24, 2.45) is 0 Å². The maximum atomic E-state index is 9.04. The Morgan fingerprint density at radius 2 is 1.75 bits per heavy atom. The minimum absolute atomic E-state index is 0.757. The molecular formula is C14H21NO. The zero-order valence-electron chi connectivity index (χ0n) is 10.6. The van der Waals surface area contributed by atoms with Gasteiger partial charge < -0.3 is 4.42 Å². The maximum Gasteiger partial charge on any atom is 0.119 e. The van der Waals surface area contributed by atoms with Gasteiger partial charge in [0.1, 0.15) is 17.6 Å². The number of furan rings is 1. The number of nitriles is 1. The Hall–Kier alpha value is -1.23. The van der Waals surface area contributed by atoms with Crippen molar-refractivity contribution in [1.29, 1.82) is 5.26 Å². The summed E-state index contributed by atoms with van der Waals surface area (Å²) in [5, 5.41) is 9.04. The maximum absolute atomic E-state index is 9.04. The van der Waals surface area contributed by atoms with Crippen LogP contribution in [0.2, 0.25) is 0 Å². The van der Waals surface area contributed by atoms with Gasteiger partial charge in [0, 0.05) is 5.56 Å². The molecule has 0 aliphatic heterocycles. The summed E-state index contributed by atoms with van der Waals surface area (Å²) in [4.78, 5) is 0. The van der Waals surface area contributed by atoms with Crippen molar-refractivity contribution in [1.82, 2.24) is 0 Å². The summed E-state index contributed by atoms with van der Waals surface area (Å²) in [6, 6.07) is 2.24. The van der Waals surface area contributed by atoms with E-state index in [0.717, 1.165) is 35.5 Å². The summed E-state index contributed by atoms with van der Waals surface area (Å²) in [5.41, 5.74) is 1.88. The molecule has 0 atom stereocenters. The van der Waals surface area contributed by atoms with Crippen LogP contribution in [0.1, 0.15) is 61.7 Å². The molecule has 0 saturated heterocycles. The van der Waals surface area contributed by atoms with E-state index in [-0.39, 0.29) is 0 Å². The first kappa shape index (κ1) is 12.8. The molecule has 0 aromatic carbocycles. The standard InChI is InChI=1S/C14H21NO/c1-4-5-6-7-8-9-13-11(2)16-12(3)14(13)10-15/h4-9H2,1-3H3. The first-order valence-corrected chi connectivity index (χ1v) is 6.19. The fraction of sp³-hybridized carbons (Fsp3) is 0.643. The molecule has 2 heteroatoms. The third kappa shape index (κ3) is 3.13. The summed E-state index contributed by atoms with van der Waals surface area (Å²) >= 11 is 0. The van der Waals surface area contributed by atoms with E-state index in [9.17, 15) is 0 Å². The van der Waals surface area contributed by atoms with E-state index >= 15 is 0 Å². The van der Waals surface area contributed by atoms with Crippen molar-refractivity contribution in [2.75, 3.05) is 0 Å². The number of nitrogens with zero attached hydrogens (tertiary/aromatic N) is 1. The van der Waals surface area contributed by atoms with Crippen molar-refractivity contribution in [3.63, 3.8) is 0 Å². The summed E-state index contributed by atoms with van der Waals surface area (Å²) in [5.74, 6) is 1.69. The molecule has 1 rings (SSSR count). The Kier molecular flexibility index (Phi) is 5.11. The predicted molar refractivity (Wildman–Crippen MR) is 65.4 cm³/mol. The molecule has 0 bridgehead atoms. The molecule has 0 radical (unpaired) electrons. The monoisotopic (exact) mass is 219 g/mol. The molecule has 0 aliphatic carbocycles. The normalized spacial score (nSPS) is 10.4. The Morgan fingerprint density at radius 1 is 1.06 bits per heavy atom. The molecule has 16 heavy (non-hydrogen) atoms. The second-order valence-corrected chi connectivity index (χ2v) is 4.34. The molecule has 2 nitrogen and oxygen atoms in total. The number of hydrogen-bond donors (Lipinski definition) is 0. The fourth-order valence-electron chi connectivity index (χ4n) is 2.08. The van der Waals surface area contributed by atoms with Crippen molar-refractivity contribution in [2.45, 2.75) is 59.3 Å². The van der Waals surface area contributed by atoms with Gasteiger partial charge in [0.05, 0.1) is 5.56 Å². The molecule has 0 N–H and O–H groups in total. The second kappa shape index (κ2) is 6.37. The quantitative estimate of drug-likeness (QED) is 0.669. The van der Waals surface area contributed by atoms with Crippen molar-refractivity contribution >= 4 is 0 Å². The highest BCUT2D eigenvalue weighted by Crippen LogP contribution is 2.23. The van der Waals surface area contributed by atoms with Gasteiger partial charge in [0.15, 0.2) is 0 Å². The summed E-state index contributed by atoms with van der Waals surface area (Å²) < 4.78 is 5.49. The second-order valence-electron chi connectivity index (χ2n) is 4.34. The SMILES string of the molecule is CCCCCCCc1c(C)oc(C)c1C#N. The van der Waals surface area contributed by atoms with Gasteiger partial charge in [-0.2, -0.15) is 5.26 Å². The molecule has 0 amide bonds. The predicted octanol–water partition coefficient (Wildman–Crippen LogP) is 4.28. The molecule has 88 valence electrons. The van der Waals surface area contributed by atoms with Gasteiger partial charge in [0.2, 0.25) is 0 Å². The van der Waals surface area contributed by atoms with E-state index in [1.165, 1.54) is 25.7 Å². The van der Waals surface area contributed by atoms with Crippen molar-refractivity contribution < 1.29 is 4.42 Å². The van der Waals surface area contributed by atoms with Crippen LogP contribution < -0.4 is 0 Å². The fourth-order valence-corrected chi connectivity index (χ4v) is 2.08. The van der Waals surface area contributed by atoms with Crippen LogP contribution >= 0.6 is 0 Å². The first-order valence-electron chi connectivity index (χ1n) is 6.19. The number of aryl methyl sites for hydroxylation is 2. The largest absolute Gasteiger partial charge is 0.465 e. The average Bonchev–Trinajstić information content (AvgIpc) is 2.53. The Labute approximate surface area is 98.3 Å². The lowest BCUT2D eigenvalue weighted by atomic mass is 10.0. The highest BCUT2D eigenvalue weighted by molar-refractivity contribution is 5.42. The molecule has 0 aliphatic rings. The van der Waals surface area contributed by atoms with Crippen molar-refractivity contribution in [3.05, 3.63) is 22.6 Å². The summed E-state index contributed by atoms with van der Waals surface area (Å²) in [7, 11) is 0. The third-order valence-corrected chi connectivity index (χ3v) is 3.03. The minimum Gasteiger partial charge on any atom is -0.465 e. The van der Waals surface area contributed by atoms with Gasteiger partial charge >= 0.3 is 0 Å². The Bertz CT molecular complexity index is 371. The molecule has 1 aromatic rings. The Morgan fingerprint density at radius 3 is 2.38 bits per heavy atom. The lowest BCUT2D eigenvalue weighted by Crippen LogP contribution is -1.90. The van der Waals surface area contributed by atoms with Crippen molar-refractivity contribution in [3.8, 4) is 6.07 Å². The minimum atomic E-state index is 0.757. The van der Waals surface area contributed by atoms with E-state index in [2.05, 4.69) is 13.0 Å². The Balaban J connectivity index is 2.51. The zero-order chi connectivity index (χ0) is 12.0. The van der Waals surface area contributed by atoms with Crippen LogP contribution in [0.15, 0.2) is 4.42 Å². The van der Waals surface area contributed by atoms with Gasteiger partial charge in [-0.05, 0) is 26.7 Å². The lowest BCUT2D eigenvalue weighted by Gasteiger charge is -2.00. The van der Waals surface area contributed by atoms with Gasteiger partial charge in [-0.15, -0.1) is 0 Å². The third-order valence-electron chi connectivity index (χ3n) is 3.03. The summed E-state index contributed by atoms with van der Waals surface area (Å²) in [6.07, 6.45) is 7.28. The average molecular weight is 219 g/mol. The highest BCUT2D eigenvalue weighted by atomic mass is 16.3. The first-order chi connectivity index (χ1) is 7.70. The van der Waals surface area contributed by atoms with Crippen LogP contribution in [0.25, 0.3) is 0 Å². The molecule has 0 unspecified atom stereocenters. The molecular weight excluding hydrogens is 198 g/mol. The topological polar surface area (TPSA) is 36.9 Å². The van der Waals surface area contributed by atoms with Crippen LogP contribution in [0.5, 0.6) is 0 Å². The molecule has 0 saturated carbocycles. The number of hydrogen-bond acceptors (Lipinski definition) is 2. The van der Waals surface area contributed by atoms with Crippen LogP contribution in [0.4, 0.5) is 0 Å². The lowest BCUT2D eigenvalue weighted by molar-refractivity contribution is 0.499. The number of unbranched alkanes of at least 4 members (excludes halogenated alkanes) is 4. The van der Waals surface area contributed by atoms with Gasteiger partial charge in [0.25, 0.3) is 0 Å². The molecule has 0 spiro atoms. The van der Waals surface area contributed by atoms with Crippen LogP contribution in [0.3, 0.4) is 0 Å². The molecule has 1 heterocycles. The van der Waals surface area contributed by atoms with E-state index in [1.54, 1.807) is 0 Å². The van der Waals surface area contributed by atoms with E-state index in [1.807, 2.05) is 13.8 Å². The van der Waals surface area contributed by atoms with E-state index in [0.29, 0.717) is 0 Å². The zero-order valence-corrected chi connectivity index (χ0v) is 10.6. The molecule has 0 fully saturated rings.